The molecule has 108 valence electrons. The van der Waals surface area contributed by atoms with Crippen LogP contribution in [0.4, 0.5) is 0 Å². The van der Waals surface area contributed by atoms with Crippen molar-refractivity contribution in [2.75, 3.05) is 6.54 Å². The number of halogens is 1. The fourth-order valence-electron chi connectivity index (χ4n) is 2.52. The number of nitrogens with one attached hydrogen (secondary N) is 1. The fourth-order valence-corrected chi connectivity index (χ4v) is 2.84. The van der Waals surface area contributed by atoms with Crippen molar-refractivity contribution in [1.29, 1.82) is 0 Å². The first-order valence-corrected chi connectivity index (χ1v) is 7.89. The zero-order valence-electron chi connectivity index (χ0n) is 12.3. The Morgan fingerprint density at radius 2 is 1.85 bits per heavy atom. The van der Waals surface area contributed by atoms with Crippen LogP contribution in [0.15, 0.2) is 51.6 Å². The van der Waals surface area contributed by atoms with E-state index in [4.69, 9.17) is 4.42 Å². The monoisotopic (exact) mass is 335 g/mol. The zero-order valence-corrected chi connectivity index (χ0v) is 13.9. The van der Waals surface area contributed by atoms with Crippen LogP contribution >= 0.6 is 15.9 Å². The Balaban J connectivity index is 2.35. The first-order chi connectivity index (χ1) is 9.55. The van der Waals surface area contributed by atoms with Crippen LogP contribution in [0.3, 0.4) is 0 Å². The molecule has 0 fully saturated rings. The van der Waals surface area contributed by atoms with Crippen LogP contribution < -0.4 is 5.32 Å². The van der Waals surface area contributed by atoms with Gasteiger partial charge < -0.3 is 9.73 Å². The number of hydrogen-bond donors (Lipinski definition) is 1. The summed E-state index contributed by atoms with van der Waals surface area (Å²) in [6, 6.07) is 14.7. The van der Waals surface area contributed by atoms with Crippen molar-refractivity contribution in [1.82, 2.24) is 5.32 Å². The number of rotatable bonds is 6. The molecule has 1 atom stereocenters. The normalized spacial score (nSPS) is 13.4. The molecule has 2 nitrogen and oxygen atoms in total. The molecule has 0 spiro atoms. The van der Waals surface area contributed by atoms with Gasteiger partial charge >= 0.3 is 0 Å². The van der Waals surface area contributed by atoms with Gasteiger partial charge in [0, 0.05) is 5.41 Å². The van der Waals surface area contributed by atoms with E-state index in [1.165, 1.54) is 5.56 Å². The molecular formula is C17H22BrNO. The van der Waals surface area contributed by atoms with Gasteiger partial charge in [0.15, 0.2) is 4.67 Å². The molecule has 1 unspecified atom stereocenters. The van der Waals surface area contributed by atoms with Gasteiger partial charge in [0.2, 0.25) is 0 Å². The maximum atomic E-state index is 5.80. The maximum absolute atomic E-state index is 5.80. The second-order valence-electron chi connectivity index (χ2n) is 5.62. The summed E-state index contributed by atoms with van der Waals surface area (Å²) in [6.07, 6.45) is 1.10. The van der Waals surface area contributed by atoms with Crippen LogP contribution in [-0.4, -0.2) is 6.54 Å². The molecule has 0 saturated heterocycles. The smallest absolute Gasteiger partial charge is 0.169 e. The van der Waals surface area contributed by atoms with E-state index in [2.05, 4.69) is 72.3 Å². The first kappa shape index (κ1) is 15.3. The van der Waals surface area contributed by atoms with E-state index in [1.807, 2.05) is 12.1 Å². The Hall–Kier alpha value is -1.06. The van der Waals surface area contributed by atoms with Crippen LogP contribution in [0.5, 0.6) is 0 Å². The van der Waals surface area contributed by atoms with Gasteiger partial charge in [-0.1, -0.05) is 51.1 Å². The van der Waals surface area contributed by atoms with Crippen molar-refractivity contribution >= 4 is 15.9 Å². The molecule has 1 N–H and O–H groups in total. The first-order valence-electron chi connectivity index (χ1n) is 7.10. The average molecular weight is 336 g/mol. The van der Waals surface area contributed by atoms with E-state index < -0.39 is 0 Å². The molecule has 1 aromatic heterocycles. The molecule has 1 aromatic carbocycles. The summed E-state index contributed by atoms with van der Waals surface area (Å²) in [5, 5.41) is 3.62. The molecule has 3 heteroatoms. The van der Waals surface area contributed by atoms with E-state index in [-0.39, 0.29) is 11.5 Å². The molecule has 0 radical (unpaired) electrons. The highest BCUT2D eigenvalue weighted by molar-refractivity contribution is 9.10. The third kappa shape index (κ3) is 3.33. The minimum atomic E-state index is -0.0479. The van der Waals surface area contributed by atoms with Crippen LogP contribution in [-0.2, 0) is 5.41 Å². The largest absolute Gasteiger partial charge is 0.453 e. The zero-order chi connectivity index (χ0) is 14.6. The van der Waals surface area contributed by atoms with Gasteiger partial charge in [-0.25, -0.2) is 0 Å². The number of furan rings is 1. The standard InChI is InChI=1S/C17H22BrNO/c1-4-12-19-16(14-10-11-15(18)20-14)17(2,3)13-8-6-5-7-9-13/h5-11,16,19H,4,12H2,1-3H3. The lowest BCUT2D eigenvalue weighted by Crippen LogP contribution is -2.37. The Labute approximate surface area is 129 Å². The summed E-state index contributed by atoms with van der Waals surface area (Å²) in [6.45, 7) is 7.66. The molecule has 0 aliphatic carbocycles. The third-order valence-electron chi connectivity index (χ3n) is 3.72. The lowest BCUT2D eigenvalue weighted by atomic mass is 9.76. The lowest BCUT2D eigenvalue weighted by Gasteiger charge is -2.34. The topological polar surface area (TPSA) is 25.2 Å². The molecule has 0 aliphatic heterocycles. The molecule has 2 aromatic rings. The summed E-state index contributed by atoms with van der Waals surface area (Å²) in [5.74, 6) is 0.971. The van der Waals surface area contributed by atoms with E-state index in [9.17, 15) is 0 Å². The lowest BCUT2D eigenvalue weighted by molar-refractivity contribution is 0.294. The van der Waals surface area contributed by atoms with Gasteiger partial charge in [0.05, 0.1) is 6.04 Å². The van der Waals surface area contributed by atoms with E-state index in [0.717, 1.165) is 23.4 Å². The van der Waals surface area contributed by atoms with Gasteiger partial charge in [-0.3, -0.25) is 0 Å². The SMILES string of the molecule is CCCNC(c1ccc(Br)o1)C(C)(C)c1ccccc1. The average Bonchev–Trinajstić information content (AvgIpc) is 2.86. The molecule has 2 rings (SSSR count). The Morgan fingerprint density at radius 1 is 1.15 bits per heavy atom. The van der Waals surface area contributed by atoms with Crippen LogP contribution in [0.2, 0.25) is 0 Å². The summed E-state index contributed by atoms with van der Waals surface area (Å²) in [5.41, 5.74) is 1.26. The van der Waals surface area contributed by atoms with E-state index >= 15 is 0 Å². The predicted octanol–water partition coefficient (Wildman–Crippen LogP) is 5.06. The van der Waals surface area contributed by atoms with Crippen molar-refractivity contribution in [3.05, 3.63) is 58.5 Å². The maximum Gasteiger partial charge on any atom is 0.169 e. The summed E-state index contributed by atoms with van der Waals surface area (Å²) in [7, 11) is 0. The van der Waals surface area contributed by atoms with Crippen molar-refractivity contribution in [2.45, 2.75) is 38.6 Å². The highest BCUT2D eigenvalue weighted by atomic mass is 79.9. The molecule has 0 saturated carbocycles. The van der Waals surface area contributed by atoms with Gasteiger partial charge in [-0.2, -0.15) is 0 Å². The van der Waals surface area contributed by atoms with Gasteiger partial charge in [-0.15, -0.1) is 0 Å². The van der Waals surface area contributed by atoms with Crippen LogP contribution in [0.1, 0.15) is 44.6 Å². The van der Waals surface area contributed by atoms with Crippen molar-refractivity contribution < 1.29 is 4.42 Å². The number of benzene rings is 1. The molecular weight excluding hydrogens is 314 g/mol. The van der Waals surface area contributed by atoms with Crippen molar-refractivity contribution in [2.24, 2.45) is 0 Å². The summed E-state index contributed by atoms with van der Waals surface area (Å²) in [4.78, 5) is 0. The second-order valence-corrected chi connectivity index (χ2v) is 6.40. The van der Waals surface area contributed by atoms with Gasteiger partial charge in [0.1, 0.15) is 5.76 Å². The second kappa shape index (κ2) is 6.59. The fraction of sp³-hybridized carbons (Fsp3) is 0.412. The Bertz CT molecular complexity index is 533. The molecule has 0 bridgehead atoms. The third-order valence-corrected chi connectivity index (χ3v) is 4.14. The van der Waals surface area contributed by atoms with Crippen molar-refractivity contribution in [3.8, 4) is 0 Å². The predicted molar refractivity (Wildman–Crippen MR) is 86.9 cm³/mol. The van der Waals surface area contributed by atoms with E-state index in [0.29, 0.717) is 0 Å². The van der Waals surface area contributed by atoms with Crippen LogP contribution in [0.25, 0.3) is 0 Å². The highest BCUT2D eigenvalue weighted by Crippen LogP contribution is 2.38. The molecule has 20 heavy (non-hydrogen) atoms. The summed E-state index contributed by atoms with van der Waals surface area (Å²) < 4.78 is 6.58. The minimum absolute atomic E-state index is 0.0479. The molecule has 1 heterocycles. The Kier molecular flexibility index (Phi) is 5.06. The number of hydrogen-bond acceptors (Lipinski definition) is 2. The van der Waals surface area contributed by atoms with Crippen molar-refractivity contribution in [3.63, 3.8) is 0 Å². The molecule has 0 amide bonds. The van der Waals surface area contributed by atoms with Gasteiger partial charge in [0.25, 0.3) is 0 Å². The van der Waals surface area contributed by atoms with Gasteiger partial charge in [-0.05, 0) is 46.6 Å². The van der Waals surface area contributed by atoms with Crippen LogP contribution in [0, 0.1) is 0 Å². The molecule has 0 aliphatic rings. The minimum Gasteiger partial charge on any atom is -0.453 e. The highest BCUT2D eigenvalue weighted by Gasteiger charge is 2.34. The quantitative estimate of drug-likeness (QED) is 0.797. The Morgan fingerprint density at radius 3 is 2.40 bits per heavy atom. The van der Waals surface area contributed by atoms with E-state index in [1.54, 1.807) is 0 Å². The summed E-state index contributed by atoms with van der Waals surface area (Å²) >= 11 is 3.40.